The van der Waals surface area contributed by atoms with Gasteiger partial charge in [-0.2, -0.15) is 0 Å². The molecule has 0 bridgehead atoms. The highest BCUT2D eigenvalue weighted by Crippen LogP contribution is 2.18. The van der Waals surface area contributed by atoms with Crippen molar-refractivity contribution in [2.75, 3.05) is 19.3 Å². The number of hydrogen-bond acceptors (Lipinski definition) is 4. The highest BCUT2D eigenvalue weighted by Gasteiger charge is 2.26. The van der Waals surface area contributed by atoms with E-state index < -0.39 is 9.84 Å². The van der Waals surface area contributed by atoms with Gasteiger partial charge in [0.25, 0.3) is 0 Å². The van der Waals surface area contributed by atoms with Crippen LogP contribution in [0.15, 0.2) is 24.3 Å². The number of nitrogens with zero attached hydrogens (tertiary/aromatic N) is 1. The molecule has 1 amide bonds. The highest BCUT2D eigenvalue weighted by atomic mass is 32.2. The molecular formula is C15H21NO4S. The predicted molar refractivity (Wildman–Crippen MR) is 80.9 cm³/mol. The van der Waals surface area contributed by atoms with Crippen molar-refractivity contribution in [1.29, 1.82) is 0 Å². The second-order valence-electron chi connectivity index (χ2n) is 5.61. The smallest absolute Gasteiger partial charge is 0.226 e. The lowest BCUT2D eigenvalue weighted by Gasteiger charge is -2.20. The molecule has 2 rings (SSSR count). The van der Waals surface area contributed by atoms with Gasteiger partial charge in [-0.05, 0) is 37.0 Å². The van der Waals surface area contributed by atoms with Crippen molar-refractivity contribution >= 4 is 15.7 Å². The zero-order valence-electron chi connectivity index (χ0n) is 12.2. The first-order chi connectivity index (χ1) is 9.86. The SMILES string of the molecule is CS(=O)(=O)C1CCCN(C(=O)Cc2ccc(O)cc2)CC1. The molecule has 0 spiro atoms. The van der Waals surface area contributed by atoms with E-state index in [0.29, 0.717) is 25.9 Å². The second-order valence-corrected chi connectivity index (χ2v) is 7.93. The molecule has 1 aromatic rings. The van der Waals surface area contributed by atoms with Crippen molar-refractivity contribution in [2.45, 2.75) is 30.9 Å². The molecule has 1 heterocycles. The molecule has 1 aliphatic heterocycles. The molecule has 1 aliphatic rings. The lowest BCUT2D eigenvalue weighted by atomic mass is 10.1. The normalized spacial score (nSPS) is 20.0. The third kappa shape index (κ3) is 4.46. The number of rotatable bonds is 3. The number of benzene rings is 1. The molecule has 0 aromatic heterocycles. The van der Waals surface area contributed by atoms with Crippen LogP contribution in [0.4, 0.5) is 0 Å². The van der Waals surface area contributed by atoms with Gasteiger partial charge < -0.3 is 10.0 Å². The second kappa shape index (κ2) is 6.47. The first-order valence-corrected chi connectivity index (χ1v) is 9.06. The molecule has 0 aliphatic carbocycles. The minimum Gasteiger partial charge on any atom is -0.508 e. The van der Waals surface area contributed by atoms with Crippen molar-refractivity contribution in [3.8, 4) is 5.75 Å². The van der Waals surface area contributed by atoms with Crippen LogP contribution in [0, 0.1) is 0 Å². The van der Waals surface area contributed by atoms with Gasteiger partial charge in [-0.3, -0.25) is 4.79 Å². The number of carbonyl (C=O) groups excluding carboxylic acids is 1. The summed E-state index contributed by atoms with van der Waals surface area (Å²) in [7, 11) is -3.03. The fourth-order valence-corrected chi connectivity index (χ4v) is 3.77. The van der Waals surface area contributed by atoms with Crippen molar-refractivity contribution in [1.82, 2.24) is 4.90 Å². The maximum absolute atomic E-state index is 12.3. The van der Waals surface area contributed by atoms with Gasteiger partial charge in [-0.25, -0.2) is 8.42 Å². The number of amides is 1. The average molecular weight is 311 g/mol. The molecular weight excluding hydrogens is 290 g/mol. The molecule has 1 unspecified atom stereocenters. The monoisotopic (exact) mass is 311 g/mol. The van der Waals surface area contributed by atoms with Crippen LogP contribution in [0.5, 0.6) is 5.75 Å². The largest absolute Gasteiger partial charge is 0.508 e. The maximum atomic E-state index is 12.3. The third-order valence-corrected chi connectivity index (χ3v) is 5.61. The summed E-state index contributed by atoms with van der Waals surface area (Å²) in [6, 6.07) is 6.57. The Morgan fingerprint density at radius 3 is 2.52 bits per heavy atom. The van der Waals surface area contributed by atoms with Gasteiger partial charge in [0.2, 0.25) is 5.91 Å². The van der Waals surface area contributed by atoms with Crippen molar-refractivity contribution < 1.29 is 18.3 Å². The Bertz CT molecular complexity index is 595. The number of phenols is 1. The Kier molecular flexibility index (Phi) is 4.88. The molecule has 6 heteroatoms. The van der Waals surface area contributed by atoms with Crippen LogP contribution in [-0.2, 0) is 21.1 Å². The zero-order chi connectivity index (χ0) is 15.5. The van der Waals surface area contributed by atoms with Gasteiger partial charge >= 0.3 is 0 Å². The number of aromatic hydroxyl groups is 1. The molecule has 5 nitrogen and oxygen atoms in total. The third-order valence-electron chi connectivity index (χ3n) is 3.93. The summed E-state index contributed by atoms with van der Waals surface area (Å²) in [5, 5.41) is 8.90. The molecule has 1 N–H and O–H groups in total. The number of hydrogen-bond donors (Lipinski definition) is 1. The van der Waals surface area contributed by atoms with E-state index in [9.17, 15) is 18.3 Å². The Balaban J connectivity index is 1.95. The molecule has 1 fully saturated rings. The zero-order valence-corrected chi connectivity index (χ0v) is 13.0. The van der Waals surface area contributed by atoms with Crippen molar-refractivity contribution in [3.05, 3.63) is 29.8 Å². The van der Waals surface area contributed by atoms with E-state index in [1.165, 1.54) is 6.26 Å². The summed E-state index contributed by atoms with van der Waals surface area (Å²) in [6.07, 6.45) is 3.41. The molecule has 1 saturated heterocycles. The number of phenolic OH excluding ortho intramolecular Hbond substituents is 1. The number of carbonyl (C=O) groups is 1. The number of sulfone groups is 1. The fraction of sp³-hybridized carbons (Fsp3) is 0.533. The predicted octanol–water partition coefficient (Wildman–Crippen LogP) is 1.36. The van der Waals surface area contributed by atoms with E-state index in [0.717, 1.165) is 12.0 Å². The summed E-state index contributed by atoms with van der Waals surface area (Å²) in [4.78, 5) is 14.0. The summed E-state index contributed by atoms with van der Waals surface area (Å²) in [5.41, 5.74) is 0.849. The van der Waals surface area contributed by atoms with Gasteiger partial charge in [-0.1, -0.05) is 12.1 Å². The van der Waals surface area contributed by atoms with E-state index in [1.54, 1.807) is 29.2 Å². The Hall–Kier alpha value is -1.56. The van der Waals surface area contributed by atoms with Gasteiger partial charge in [0, 0.05) is 19.3 Å². The standard InChI is InChI=1S/C15H21NO4S/c1-21(19,20)14-3-2-9-16(10-8-14)15(18)11-12-4-6-13(17)7-5-12/h4-7,14,17H,2-3,8-11H2,1H3. The van der Waals surface area contributed by atoms with Crippen molar-refractivity contribution in [3.63, 3.8) is 0 Å². The minimum absolute atomic E-state index is 0.00911. The molecule has 21 heavy (non-hydrogen) atoms. The van der Waals surface area contributed by atoms with E-state index in [1.807, 2.05) is 0 Å². The van der Waals surface area contributed by atoms with Crippen LogP contribution in [0.25, 0.3) is 0 Å². The first-order valence-electron chi connectivity index (χ1n) is 7.11. The summed E-state index contributed by atoms with van der Waals surface area (Å²) < 4.78 is 23.2. The first kappa shape index (κ1) is 15.8. The number of likely N-dealkylation sites (tertiary alicyclic amines) is 1. The Labute approximate surface area is 125 Å². The van der Waals surface area contributed by atoms with E-state index >= 15 is 0 Å². The van der Waals surface area contributed by atoms with Crippen LogP contribution < -0.4 is 0 Å². The Morgan fingerprint density at radius 2 is 1.90 bits per heavy atom. The van der Waals surface area contributed by atoms with Crippen LogP contribution in [0.2, 0.25) is 0 Å². The van der Waals surface area contributed by atoms with Gasteiger partial charge in [0.05, 0.1) is 11.7 Å². The van der Waals surface area contributed by atoms with Crippen LogP contribution >= 0.6 is 0 Å². The Morgan fingerprint density at radius 1 is 1.24 bits per heavy atom. The summed E-state index contributed by atoms with van der Waals surface area (Å²) in [6.45, 7) is 1.11. The molecule has 116 valence electrons. The molecule has 1 aromatic carbocycles. The van der Waals surface area contributed by atoms with Gasteiger partial charge in [0.1, 0.15) is 15.6 Å². The molecule has 0 saturated carbocycles. The van der Waals surface area contributed by atoms with Crippen LogP contribution in [0.3, 0.4) is 0 Å². The highest BCUT2D eigenvalue weighted by molar-refractivity contribution is 7.91. The van der Waals surface area contributed by atoms with Gasteiger partial charge in [-0.15, -0.1) is 0 Å². The molecule has 0 radical (unpaired) electrons. The summed E-state index contributed by atoms with van der Waals surface area (Å²) in [5.74, 6) is 0.187. The van der Waals surface area contributed by atoms with E-state index in [2.05, 4.69) is 0 Å². The van der Waals surface area contributed by atoms with Gasteiger partial charge in [0.15, 0.2) is 0 Å². The topological polar surface area (TPSA) is 74.7 Å². The van der Waals surface area contributed by atoms with E-state index in [4.69, 9.17) is 0 Å². The average Bonchev–Trinajstić information content (AvgIpc) is 2.67. The fourth-order valence-electron chi connectivity index (χ4n) is 2.64. The summed E-state index contributed by atoms with van der Waals surface area (Å²) >= 11 is 0. The lowest BCUT2D eigenvalue weighted by molar-refractivity contribution is -0.130. The lowest BCUT2D eigenvalue weighted by Crippen LogP contribution is -2.33. The molecule has 1 atom stereocenters. The van der Waals surface area contributed by atoms with E-state index in [-0.39, 0.29) is 23.3 Å². The van der Waals surface area contributed by atoms with Crippen molar-refractivity contribution in [2.24, 2.45) is 0 Å². The van der Waals surface area contributed by atoms with Crippen LogP contribution in [0.1, 0.15) is 24.8 Å². The minimum atomic E-state index is -3.03. The quantitative estimate of drug-likeness (QED) is 0.914. The van der Waals surface area contributed by atoms with Crippen LogP contribution in [-0.4, -0.2) is 48.9 Å². The maximum Gasteiger partial charge on any atom is 0.226 e.